The lowest BCUT2D eigenvalue weighted by Crippen LogP contribution is -2.45. The molecule has 2 aromatic rings. The Hall–Kier alpha value is -2.35. The zero-order chi connectivity index (χ0) is 24.8. The number of ether oxygens (including phenoxy) is 1. The molecule has 37 heavy (non-hydrogen) atoms. The molecule has 2 saturated heterocycles. The Bertz CT molecular complexity index is 996. The molecule has 9 heteroatoms. The van der Waals surface area contributed by atoms with Crippen molar-refractivity contribution in [2.75, 3.05) is 33.3 Å². The lowest BCUT2D eigenvalue weighted by molar-refractivity contribution is -0.139. The first kappa shape index (κ1) is 30.9. The first-order valence-electron chi connectivity index (χ1n) is 12.8. The van der Waals surface area contributed by atoms with Crippen LogP contribution in [0.1, 0.15) is 56.8 Å². The normalized spacial score (nSPS) is 17.7. The number of aromatic nitrogens is 1. The molecule has 0 saturated carbocycles. The third-order valence-corrected chi connectivity index (χ3v) is 7.57. The van der Waals surface area contributed by atoms with Crippen LogP contribution in [0.2, 0.25) is 0 Å². The van der Waals surface area contributed by atoms with E-state index in [1.165, 1.54) is 0 Å². The summed E-state index contributed by atoms with van der Waals surface area (Å²) in [6.45, 7) is 8.00. The fraction of sp³-hybridized carbons (Fsp3) is 0.536. The lowest BCUT2D eigenvalue weighted by Gasteiger charge is -2.38. The van der Waals surface area contributed by atoms with Crippen LogP contribution in [0.4, 0.5) is 0 Å². The molecule has 0 aliphatic carbocycles. The second kappa shape index (κ2) is 14.0. The van der Waals surface area contributed by atoms with Crippen LogP contribution in [0.15, 0.2) is 48.7 Å². The molecule has 4 rings (SSSR count). The van der Waals surface area contributed by atoms with Gasteiger partial charge in [0.15, 0.2) is 0 Å². The van der Waals surface area contributed by atoms with Crippen molar-refractivity contribution < 1.29 is 14.3 Å². The highest BCUT2D eigenvalue weighted by atomic mass is 35.5. The van der Waals surface area contributed by atoms with E-state index >= 15 is 0 Å². The van der Waals surface area contributed by atoms with Gasteiger partial charge in [0, 0.05) is 31.7 Å². The molecule has 1 unspecified atom stereocenters. The number of halogens is 2. The molecule has 1 spiro atoms. The van der Waals surface area contributed by atoms with E-state index in [-0.39, 0.29) is 48.1 Å². The van der Waals surface area contributed by atoms with Gasteiger partial charge in [-0.15, -0.1) is 24.8 Å². The van der Waals surface area contributed by atoms with E-state index in [2.05, 4.69) is 15.2 Å². The van der Waals surface area contributed by atoms with Crippen molar-refractivity contribution in [1.29, 1.82) is 0 Å². The van der Waals surface area contributed by atoms with Crippen molar-refractivity contribution in [2.45, 2.75) is 52.1 Å². The second-order valence-electron chi connectivity index (χ2n) is 10.2. The number of rotatable bonds is 9. The molecule has 1 atom stereocenters. The number of hydrogen-bond donors (Lipinski definition) is 1. The number of nitrogens with one attached hydrogen (secondary N) is 1. The van der Waals surface area contributed by atoms with Crippen LogP contribution >= 0.6 is 24.8 Å². The molecule has 2 aliphatic heterocycles. The number of piperidine rings is 1. The van der Waals surface area contributed by atoms with Crippen molar-refractivity contribution in [1.82, 2.24) is 20.1 Å². The van der Waals surface area contributed by atoms with E-state index in [0.717, 1.165) is 68.9 Å². The van der Waals surface area contributed by atoms with E-state index in [0.29, 0.717) is 12.5 Å². The number of carbonyl (C=O) groups is 2. The molecule has 0 bridgehead atoms. The summed E-state index contributed by atoms with van der Waals surface area (Å²) < 4.78 is 5.24. The van der Waals surface area contributed by atoms with Gasteiger partial charge in [-0.05, 0) is 68.6 Å². The number of pyridine rings is 1. The number of amides is 2. The maximum Gasteiger partial charge on any atom is 0.229 e. The summed E-state index contributed by atoms with van der Waals surface area (Å²) in [5, 5.41) is 3.17. The summed E-state index contributed by atoms with van der Waals surface area (Å²) in [7, 11) is 1.66. The van der Waals surface area contributed by atoms with Gasteiger partial charge < -0.3 is 19.9 Å². The minimum absolute atomic E-state index is 0. The number of hydrogen-bond acceptors (Lipinski definition) is 5. The van der Waals surface area contributed by atoms with Crippen molar-refractivity contribution in [3.8, 4) is 5.75 Å². The Morgan fingerprint density at radius 1 is 1.05 bits per heavy atom. The SMILES string of the molecule is COc1ccc(CN2CCC3(CCN(CCC(NC(=O)C(C)C)c4ccccn4)CC3)C2=O)cc1.Cl.Cl. The fourth-order valence-corrected chi connectivity index (χ4v) is 5.19. The van der Waals surface area contributed by atoms with Gasteiger partial charge in [0.2, 0.25) is 11.8 Å². The predicted octanol–water partition coefficient (Wildman–Crippen LogP) is 4.65. The van der Waals surface area contributed by atoms with Gasteiger partial charge >= 0.3 is 0 Å². The Kier molecular flexibility index (Phi) is 11.7. The Balaban J connectivity index is 0.00000241. The van der Waals surface area contributed by atoms with Crippen LogP contribution in [0.3, 0.4) is 0 Å². The Labute approximate surface area is 233 Å². The summed E-state index contributed by atoms with van der Waals surface area (Å²) in [5.74, 6) is 1.12. The van der Waals surface area contributed by atoms with E-state index in [1.807, 2.05) is 61.2 Å². The van der Waals surface area contributed by atoms with E-state index in [4.69, 9.17) is 4.74 Å². The van der Waals surface area contributed by atoms with Crippen molar-refractivity contribution in [3.05, 3.63) is 59.9 Å². The molecule has 1 aromatic carbocycles. The summed E-state index contributed by atoms with van der Waals surface area (Å²) in [6.07, 6.45) is 5.32. The summed E-state index contributed by atoms with van der Waals surface area (Å²) in [4.78, 5) is 34.7. The standard InChI is InChI=1S/C28H38N4O3.2ClH/c1-21(2)26(33)30-25(24-6-4-5-15-29-24)11-16-31-17-12-28(13-18-31)14-19-32(27(28)34)20-22-7-9-23(35-3)10-8-22;;/h4-10,15,21,25H,11-14,16-20H2,1-3H3,(H,30,33);2*1H. The highest BCUT2D eigenvalue weighted by Gasteiger charge is 2.47. The first-order valence-corrected chi connectivity index (χ1v) is 12.8. The number of carbonyl (C=O) groups excluding carboxylic acids is 2. The molecule has 2 aliphatic rings. The average Bonchev–Trinajstić information content (AvgIpc) is 3.18. The zero-order valence-electron chi connectivity index (χ0n) is 22.0. The zero-order valence-corrected chi connectivity index (χ0v) is 23.7. The van der Waals surface area contributed by atoms with Gasteiger partial charge in [-0.25, -0.2) is 0 Å². The summed E-state index contributed by atoms with van der Waals surface area (Å²) in [6, 6.07) is 13.7. The van der Waals surface area contributed by atoms with Gasteiger partial charge in [0.05, 0.1) is 24.3 Å². The molecule has 3 heterocycles. The molecule has 7 nitrogen and oxygen atoms in total. The van der Waals surface area contributed by atoms with Crippen molar-refractivity contribution >= 4 is 36.6 Å². The maximum absolute atomic E-state index is 13.4. The van der Waals surface area contributed by atoms with E-state index in [1.54, 1.807) is 13.3 Å². The molecule has 1 aromatic heterocycles. The molecule has 0 radical (unpaired) electrons. The minimum atomic E-state index is -0.213. The lowest BCUT2D eigenvalue weighted by atomic mass is 9.77. The Morgan fingerprint density at radius 3 is 2.32 bits per heavy atom. The van der Waals surface area contributed by atoms with Crippen LogP contribution < -0.4 is 10.1 Å². The average molecular weight is 552 g/mol. The minimum Gasteiger partial charge on any atom is -0.497 e. The number of benzene rings is 1. The molecule has 1 N–H and O–H groups in total. The second-order valence-corrected chi connectivity index (χ2v) is 10.2. The first-order chi connectivity index (χ1) is 16.9. The summed E-state index contributed by atoms with van der Waals surface area (Å²) >= 11 is 0. The topological polar surface area (TPSA) is 74.8 Å². The van der Waals surface area contributed by atoms with Gasteiger partial charge in [-0.2, -0.15) is 0 Å². The predicted molar refractivity (Wildman–Crippen MR) is 150 cm³/mol. The van der Waals surface area contributed by atoms with E-state index in [9.17, 15) is 9.59 Å². The molecule has 2 fully saturated rings. The molecule has 204 valence electrons. The highest BCUT2D eigenvalue weighted by Crippen LogP contribution is 2.42. The molecule has 2 amide bonds. The summed E-state index contributed by atoms with van der Waals surface area (Å²) in [5.41, 5.74) is 1.82. The monoisotopic (exact) mass is 550 g/mol. The maximum atomic E-state index is 13.4. The largest absolute Gasteiger partial charge is 0.497 e. The Morgan fingerprint density at radius 2 is 1.73 bits per heavy atom. The number of likely N-dealkylation sites (tertiary alicyclic amines) is 2. The third kappa shape index (κ3) is 7.59. The third-order valence-electron chi connectivity index (χ3n) is 7.57. The molecular weight excluding hydrogens is 511 g/mol. The number of methoxy groups -OCH3 is 1. The highest BCUT2D eigenvalue weighted by molar-refractivity contribution is 5.86. The van der Waals surface area contributed by atoms with Crippen molar-refractivity contribution in [3.63, 3.8) is 0 Å². The molecular formula is C28H40Cl2N4O3. The fourth-order valence-electron chi connectivity index (χ4n) is 5.19. The van der Waals surface area contributed by atoms with Crippen LogP contribution in [0, 0.1) is 11.3 Å². The quantitative estimate of drug-likeness (QED) is 0.491. The van der Waals surface area contributed by atoms with Crippen molar-refractivity contribution in [2.24, 2.45) is 11.3 Å². The van der Waals surface area contributed by atoms with Crippen LogP contribution in [-0.2, 0) is 16.1 Å². The van der Waals surface area contributed by atoms with Gasteiger partial charge in [-0.3, -0.25) is 14.6 Å². The number of nitrogens with zero attached hydrogens (tertiary/aromatic N) is 3. The van der Waals surface area contributed by atoms with E-state index < -0.39 is 0 Å². The van der Waals surface area contributed by atoms with Gasteiger partial charge in [0.1, 0.15) is 5.75 Å². The van der Waals surface area contributed by atoms with Crippen LogP contribution in [-0.4, -0.2) is 59.9 Å². The van der Waals surface area contributed by atoms with Gasteiger partial charge in [0.25, 0.3) is 0 Å². The smallest absolute Gasteiger partial charge is 0.229 e. The van der Waals surface area contributed by atoms with Crippen LogP contribution in [0.25, 0.3) is 0 Å². The van der Waals surface area contributed by atoms with Gasteiger partial charge in [-0.1, -0.05) is 32.0 Å². The van der Waals surface area contributed by atoms with Crippen LogP contribution in [0.5, 0.6) is 5.75 Å².